The molecule has 3 aromatic heterocycles. The fourth-order valence-corrected chi connectivity index (χ4v) is 4.82. The van der Waals surface area contributed by atoms with Crippen LogP contribution in [0.3, 0.4) is 0 Å². The number of nitro groups is 1. The van der Waals surface area contributed by atoms with Crippen molar-refractivity contribution in [2.45, 2.75) is 20.5 Å². The van der Waals surface area contributed by atoms with Gasteiger partial charge in [-0.15, -0.1) is 11.3 Å². The van der Waals surface area contributed by atoms with Gasteiger partial charge in [-0.2, -0.15) is 10.2 Å². The summed E-state index contributed by atoms with van der Waals surface area (Å²) in [7, 11) is 1.28. The lowest BCUT2D eigenvalue weighted by molar-refractivity contribution is -0.386. The van der Waals surface area contributed by atoms with Gasteiger partial charge in [0.15, 0.2) is 5.69 Å². The number of carbonyl (C=O) groups excluding carboxylic acids is 2. The fraction of sp³-hybridized carbons (Fsp3) is 0.200. The number of fused-ring (bicyclic) bond motifs is 1. The van der Waals surface area contributed by atoms with E-state index in [2.05, 4.69) is 15.5 Å². The summed E-state index contributed by atoms with van der Waals surface area (Å²) in [5.41, 5.74) is 1.32. The zero-order valence-electron chi connectivity index (χ0n) is 17.7. The van der Waals surface area contributed by atoms with Gasteiger partial charge in [0.1, 0.15) is 22.9 Å². The predicted molar refractivity (Wildman–Crippen MR) is 122 cm³/mol. The number of benzene rings is 1. The number of nitrogens with one attached hydrogen (secondary N) is 1. The molecule has 0 atom stereocenters. The standard InChI is InChI=1S/C20H17ClN6O5S/c1-10-17(27(30)31)11(2)26(23-10)9-25-7-6-14(24-25)19(28)22-12-4-5-13-15(8-12)33-18(16(13)21)20(29)32-3/h4-8H,9H2,1-3H3,(H,22,28). The van der Waals surface area contributed by atoms with Crippen molar-refractivity contribution in [3.05, 3.63) is 67.6 Å². The van der Waals surface area contributed by atoms with E-state index in [4.69, 9.17) is 16.3 Å². The van der Waals surface area contributed by atoms with Crippen molar-refractivity contribution in [3.8, 4) is 0 Å². The molecule has 1 N–H and O–H groups in total. The molecule has 0 aliphatic rings. The summed E-state index contributed by atoms with van der Waals surface area (Å²) in [6.07, 6.45) is 1.59. The van der Waals surface area contributed by atoms with E-state index in [0.29, 0.717) is 32.4 Å². The van der Waals surface area contributed by atoms with Gasteiger partial charge in [-0.25, -0.2) is 9.48 Å². The molecule has 4 aromatic rings. The van der Waals surface area contributed by atoms with Crippen LogP contribution < -0.4 is 5.32 Å². The largest absolute Gasteiger partial charge is 0.465 e. The summed E-state index contributed by atoms with van der Waals surface area (Å²) < 4.78 is 8.37. The highest BCUT2D eigenvalue weighted by Gasteiger charge is 2.22. The van der Waals surface area contributed by atoms with E-state index in [1.165, 1.54) is 33.9 Å². The van der Waals surface area contributed by atoms with Crippen molar-refractivity contribution >= 4 is 56.3 Å². The minimum absolute atomic E-state index is 0.0421. The van der Waals surface area contributed by atoms with Gasteiger partial charge in [0.2, 0.25) is 0 Å². The van der Waals surface area contributed by atoms with Crippen molar-refractivity contribution in [1.29, 1.82) is 0 Å². The number of hydrogen-bond acceptors (Lipinski definition) is 8. The second-order valence-electron chi connectivity index (χ2n) is 7.06. The second-order valence-corrected chi connectivity index (χ2v) is 8.49. The normalized spacial score (nSPS) is 11.0. The van der Waals surface area contributed by atoms with E-state index in [0.717, 1.165) is 4.70 Å². The Morgan fingerprint density at radius 1 is 1.27 bits per heavy atom. The van der Waals surface area contributed by atoms with Crippen LogP contribution in [0.15, 0.2) is 30.5 Å². The zero-order chi connectivity index (χ0) is 23.9. The highest BCUT2D eigenvalue weighted by Crippen LogP contribution is 2.37. The van der Waals surface area contributed by atoms with Gasteiger partial charge in [0.05, 0.1) is 17.1 Å². The Kier molecular flexibility index (Phi) is 5.87. The van der Waals surface area contributed by atoms with Crippen LogP contribution in [0, 0.1) is 24.0 Å². The number of aryl methyl sites for hydroxylation is 1. The minimum atomic E-state index is -0.523. The molecule has 0 aliphatic carbocycles. The summed E-state index contributed by atoms with van der Waals surface area (Å²) in [6, 6.07) is 6.63. The molecule has 1 aromatic carbocycles. The van der Waals surface area contributed by atoms with Gasteiger partial charge in [0, 0.05) is 22.0 Å². The maximum atomic E-state index is 12.7. The molecule has 0 unspecified atom stereocenters. The Hall–Kier alpha value is -3.77. The first kappa shape index (κ1) is 22.4. The molecule has 0 fully saturated rings. The summed E-state index contributed by atoms with van der Waals surface area (Å²) in [5, 5.41) is 23.3. The van der Waals surface area contributed by atoms with Gasteiger partial charge in [0.25, 0.3) is 5.91 Å². The lowest BCUT2D eigenvalue weighted by Gasteiger charge is -2.05. The molecule has 170 valence electrons. The van der Waals surface area contributed by atoms with Crippen LogP contribution >= 0.6 is 22.9 Å². The first-order valence-electron chi connectivity index (χ1n) is 9.53. The number of hydrogen-bond donors (Lipinski definition) is 1. The van der Waals surface area contributed by atoms with Crippen LogP contribution in [0.2, 0.25) is 5.02 Å². The predicted octanol–water partition coefficient (Wildman–Crippen LogP) is 4.02. The van der Waals surface area contributed by atoms with E-state index in [-0.39, 0.29) is 18.1 Å². The number of carbonyl (C=O) groups is 2. The third-order valence-corrected chi connectivity index (χ3v) is 6.57. The van der Waals surface area contributed by atoms with Crippen molar-refractivity contribution in [2.75, 3.05) is 12.4 Å². The number of amides is 1. The quantitative estimate of drug-likeness (QED) is 0.246. The lowest BCUT2D eigenvalue weighted by atomic mass is 10.2. The van der Waals surface area contributed by atoms with Crippen LogP contribution in [0.4, 0.5) is 11.4 Å². The van der Waals surface area contributed by atoms with Crippen LogP contribution in [0.1, 0.15) is 31.5 Å². The maximum Gasteiger partial charge on any atom is 0.349 e. The molecule has 0 radical (unpaired) electrons. The zero-order valence-corrected chi connectivity index (χ0v) is 19.2. The average molecular weight is 489 g/mol. The molecule has 0 saturated heterocycles. The Bertz CT molecular complexity index is 1420. The monoisotopic (exact) mass is 488 g/mol. The molecule has 33 heavy (non-hydrogen) atoms. The molecule has 11 nitrogen and oxygen atoms in total. The molecule has 0 aliphatic heterocycles. The lowest BCUT2D eigenvalue weighted by Crippen LogP contribution is -2.15. The second kappa shape index (κ2) is 8.64. The number of halogens is 1. The van der Waals surface area contributed by atoms with Gasteiger partial charge in [-0.3, -0.25) is 19.6 Å². The molecule has 13 heteroatoms. The molecular formula is C20H17ClN6O5S. The fourth-order valence-electron chi connectivity index (χ4n) is 3.35. The van der Waals surface area contributed by atoms with E-state index in [1.54, 1.807) is 38.2 Å². The molecular weight excluding hydrogens is 472 g/mol. The highest BCUT2D eigenvalue weighted by atomic mass is 35.5. The summed E-state index contributed by atoms with van der Waals surface area (Å²) in [4.78, 5) is 35.5. The number of esters is 1. The van der Waals surface area contributed by atoms with Crippen molar-refractivity contribution in [1.82, 2.24) is 19.6 Å². The first-order chi connectivity index (χ1) is 15.7. The van der Waals surface area contributed by atoms with Gasteiger partial charge < -0.3 is 10.1 Å². The molecule has 0 spiro atoms. The highest BCUT2D eigenvalue weighted by molar-refractivity contribution is 7.21. The molecule has 0 saturated carbocycles. The summed E-state index contributed by atoms with van der Waals surface area (Å²) in [6.45, 7) is 3.28. The molecule has 1 amide bonds. The third kappa shape index (κ3) is 4.17. The van der Waals surface area contributed by atoms with E-state index in [9.17, 15) is 19.7 Å². The van der Waals surface area contributed by atoms with E-state index < -0.39 is 16.8 Å². The number of rotatable bonds is 6. The van der Waals surface area contributed by atoms with Crippen molar-refractivity contribution in [3.63, 3.8) is 0 Å². The van der Waals surface area contributed by atoms with Crippen molar-refractivity contribution in [2.24, 2.45) is 0 Å². The Morgan fingerprint density at radius 2 is 2.03 bits per heavy atom. The summed E-state index contributed by atoms with van der Waals surface area (Å²) in [5.74, 6) is -0.964. The van der Waals surface area contributed by atoms with Gasteiger partial charge >= 0.3 is 11.7 Å². The maximum absolute atomic E-state index is 12.7. The van der Waals surface area contributed by atoms with Gasteiger partial charge in [-0.05, 0) is 38.1 Å². The smallest absolute Gasteiger partial charge is 0.349 e. The topological polar surface area (TPSA) is 134 Å². The molecule has 3 heterocycles. The third-order valence-electron chi connectivity index (χ3n) is 4.94. The number of anilines is 1. The number of methoxy groups -OCH3 is 1. The number of thiophene rings is 1. The molecule has 4 rings (SSSR count). The van der Waals surface area contributed by atoms with E-state index in [1.807, 2.05) is 0 Å². The Morgan fingerprint density at radius 3 is 2.70 bits per heavy atom. The number of nitrogens with zero attached hydrogens (tertiary/aromatic N) is 5. The summed E-state index contributed by atoms with van der Waals surface area (Å²) >= 11 is 7.43. The van der Waals surface area contributed by atoms with Crippen LogP contribution in [-0.2, 0) is 11.4 Å². The first-order valence-corrected chi connectivity index (χ1v) is 10.7. The number of ether oxygens (including phenoxy) is 1. The average Bonchev–Trinajstić information content (AvgIpc) is 3.44. The molecule has 0 bridgehead atoms. The van der Waals surface area contributed by atoms with Gasteiger partial charge in [-0.1, -0.05) is 11.6 Å². The van der Waals surface area contributed by atoms with Crippen LogP contribution in [-0.4, -0.2) is 43.5 Å². The minimum Gasteiger partial charge on any atom is -0.465 e. The van der Waals surface area contributed by atoms with E-state index >= 15 is 0 Å². The SMILES string of the molecule is COC(=O)c1sc2cc(NC(=O)c3ccn(Cn4nc(C)c([N+](=O)[O-])c4C)n3)ccc2c1Cl. The van der Waals surface area contributed by atoms with Crippen LogP contribution in [0.5, 0.6) is 0 Å². The Balaban J connectivity index is 1.51. The Labute approximate surface area is 195 Å². The number of aromatic nitrogens is 4. The van der Waals surface area contributed by atoms with Crippen molar-refractivity contribution < 1.29 is 19.2 Å². The van der Waals surface area contributed by atoms with Crippen LogP contribution in [0.25, 0.3) is 10.1 Å².